The number of benzene rings is 3. The zero-order chi connectivity index (χ0) is 52.3. The van der Waals surface area contributed by atoms with Crippen LogP contribution >= 0.6 is 11.8 Å². The van der Waals surface area contributed by atoms with E-state index in [0.29, 0.717) is 87.3 Å². The Morgan fingerprint density at radius 1 is 0.712 bits per heavy atom. The van der Waals surface area contributed by atoms with E-state index in [0.717, 1.165) is 35.3 Å². The molecule has 25 heteroatoms. The molecule has 374 valence electrons. The zero-order valence-corrected chi connectivity index (χ0v) is 40.1. The highest BCUT2D eigenvalue weighted by Gasteiger charge is 2.17. The van der Waals surface area contributed by atoms with Gasteiger partial charge in [-0.2, -0.15) is 4.99 Å². The topological polar surface area (TPSA) is 325 Å². The molecular formula is C48H47F2N17O5S. The summed E-state index contributed by atoms with van der Waals surface area (Å²) in [6.45, 7) is 6.70. The maximum atomic E-state index is 13.6. The van der Waals surface area contributed by atoms with Crippen molar-refractivity contribution in [2.24, 2.45) is 4.99 Å². The van der Waals surface area contributed by atoms with E-state index < -0.39 is 28.6 Å². The summed E-state index contributed by atoms with van der Waals surface area (Å²) in [5.74, 6) is 0.761. The Labute approximate surface area is 419 Å². The number of amides is 6. The number of hydrogen-bond acceptors (Lipinski definition) is 15. The van der Waals surface area contributed by atoms with Crippen molar-refractivity contribution in [3.63, 3.8) is 0 Å². The molecule has 10 N–H and O–H groups in total. The van der Waals surface area contributed by atoms with Crippen LogP contribution in [0.1, 0.15) is 26.3 Å². The average molecular weight is 1010 g/mol. The van der Waals surface area contributed by atoms with Gasteiger partial charge in [0, 0.05) is 97.0 Å². The largest absolute Gasteiger partial charge is 0.397 e. The first-order valence-corrected chi connectivity index (χ1v) is 23.0. The minimum atomic E-state index is -0.555. The van der Waals surface area contributed by atoms with Crippen LogP contribution in [0.3, 0.4) is 0 Å². The van der Waals surface area contributed by atoms with Gasteiger partial charge >= 0.3 is 18.1 Å². The number of rotatable bonds is 11. The predicted octanol–water partition coefficient (Wildman–Crippen LogP) is 8.10. The molecule has 0 radical (unpaired) electrons. The lowest BCUT2D eigenvalue weighted by Gasteiger charge is -2.11. The second-order valence-corrected chi connectivity index (χ2v) is 15.9. The minimum absolute atomic E-state index is 0.000382. The molecular weight excluding hydrogens is 965 g/mol. The number of aromatic nitrogens is 8. The molecule has 0 aliphatic rings. The Bertz CT molecular complexity index is 3220. The number of pyridine rings is 2. The molecule has 8 rings (SSSR count). The normalized spacial score (nSPS) is 10.7. The number of hydrogen-bond donors (Lipinski definition) is 8. The number of aromatic amines is 1. The summed E-state index contributed by atoms with van der Waals surface area (Å²) >= 11 is 1.14. The minimum Gasteiger partial charge on any atom is -0.397 e. The van der Waals surface area contributed by atoms with Crippen molar-refractivity contribution >= 4 is 69.1 Å². The predicted molar refractivity (Wildman–Crippen MR) is 276 cm³/mol. The number of carbonyl (C=O) groups excluding carboxylic acids is 3. The van der Waals surface area contributed by atoms with Gasteiger partial charge in [-0.25, -0.2) is 48.1 Å². The van der Waals surface area contributed by atoms with Gasteiger partial charge in [0.2, 0.25) is 5.95 Å². The molecule has 0 saturated heterocycles. The van der Waals surface area contributed by atoms with Crippen LogP contribution in [-0.4, -0.2) is 87.7 Å². The smallest absolute Gasteiger partial charge is 0.343 e. The van der Waals surface area contributed by atoms with Gasteiger partial charge in [0.15, 0.2) is 16.8 Å². The summed E-state index contributed by atoms with van der Waals surface area (Å²) in [6.07, 6.45) is 11.9. The Morgan fingerprint density at radius 2 is 1.26 bits per heavy atom. The third-order valence-electron chi connectivity index (χ3n) is 9.67. The first-order valence-electron chi connectivity index (χ1n) is 22.1. The molecule has 0 atom stereocenters. The fourth-order valence-corrected chi connectivity index (χ4v) is 7.22. The van der Waals surface area contributed by atoms with E-state index in [2.05, 4.69) is 71.4 Å². The lowest BCUT2D eigenvalue weighted by atomic mass is 10.0. The Hall–Kier alpha value is -9.52. The third-order valence-corrected chi connectivity index (χ3v) is 10.6. The number of nitro groups is 1. The Balaban J connectivity index is 0.000000181. The lowest BCUT2D eigenvalue weighted by molar-refractivity contribution is -0.384. The lowest BCUT2D eigenvalue weighted by Crippen LogP contribution is -2.39. The van der Waals surface area contributed by atoms with Gasteiger partial charge in [-0.3, -0.25) is 30.7 Å². The molecule has 6 amide bonds. The molecule has 3 aromatic carbocycles. The number of amidine groups is 1. The fraction of sp³-hybridized carbons (Fsp3) is 0.146. The van der Waals surface area contributed by atoms with Crippen LogP contribution < -0.4 is 38.1 Å². The SMILES string of the molecule is CCNC(=O)N=C(NC(=O)NCC)SCc1ccc([N+](=O)[O-])cc1.CCNC(=O)Nc1nc2c(-c3ncccn3)cc(-c3cncc(F)c3)cc2[nH]1.Nc1cc(-c2cncc(F)c2)cc(-c2ncccn2)c1N. The number of nitrogens with two attached hydrogens (primary N) is 2. The molecule has 0 aliphatic heterocycles. The highest BCUT2D eigenvalue weighted by Crippen LogP contribution is 2.35. The fourth-order valence-electron chi connectivity index (χ4n) is 6.42. The summed E-state index contributed by atoms with van der Waals surface area (Å²) in [7, 11) is 0. The highest BCUT2D eigenvalue weighted by atomic mass is 32.2. The van der Waals surface area contributed by atoms with Crippen molar-refractivity contribution in [2.75, 3.05) is 36.4 Å². The van der Waals surface area contributed by atoms with Crippen molar-refractivity contribution in [3.8, 4) is 45.0 Å². The maximum absolute atomic E-state index is 13.6. The summed E-state index contributed by atoms with van der Waals surface area (Å²) in [5, 5.41) is 23.6. The van der Waals surface area contributed by atoms with Gasteiger partial charge in [0.25, 0.3) is 5.69 Å². The van der Waals surface area contributed by atoms with E-state index in [1.165, 1.54) is 24.3 Å². The van der Waals surface area contributed by atoms with Gasteiger partial charge in [0.05, 0.1) is 34.2 Å². The van der Waals surface area contributed by atoms with E-state index in [9.17, 15) is 33.3 Å². The first kappa shape index (κ1) is 52.8. The van der Waals surface area contributed by atoms with Gasteiger partial charge in [-0.05, 0) is 86.0 Å². The molecule has 5 heterocycles. The number of imidazole rings is 1. The number of non-ortho nitro benzene ring substituents is 1. The first-order chi connectivity index (χ1) is 35.2. The summed E-state index contributed by atoms with van der Waals surface area (Å²) in [5.41, 5.74) is 18.7. The van der Waals surface area contributed by atoms with Crippen LogP contribution in [0.5, 0.6) is 0 Å². The molecule has 73 heavy (non-hydrogen) atoms. The number of nitrogen functional groups attached to an aromatic ring is 2. The molecule has 0 saturated carbocycles. The van der Waals surface area contributed by atoms with E-state index in [-0.39, 0.29) is 22.8 Å². The van der Waals surface area contributed by atoms with E-state index >= 15 is 0 Å². The van der Waals surface area contributed by atoms with Crippen molar-refractivity contribution in [3.05, 3.63) is 150 Å². The van der Waals surface area contributed by atoms with Crippen LogP contribution in [0, 0.1) is 21.7 Å². The quantitative estimate of drug-likeness (QED) is 0.0199. The van der Waals surface area contributed by atoms with Crippen molar-refractivity contribution in [2.45, 2.75) is 26.5 Å². The van der Waals surface area contributed by atoms with Crippen molar-refractivity contribution < 1.29 is 28.1 Å². The number of nitrogens with zero attached hydrogens (tertiary/aromatic N) is 9. The van der Waals surface area contributed by atoms with Crippen LogP contribution in [-0.2, 0) is 5.75 Å². The summed E-state index contributed by atoms with van der Waals surface area (Å²) in [4.78, 5) is 81.1. The van der Waals surface area contributed by atoms with Gasteiger partial charge < -0.3 is 32.4 Å². The molecule has 0 fully saturated rings. The van der Waals surface area contributed by atoms with Crippen LogP contribution in [0.2, 0.25) is 0 Å². The average Bonchev–Trinajstić information content (AvgIpc) is 3.79. The standard InChI is InChI=1S/C19H16FN7O.C15H12FN5.C14H19N5O4S/c1-2-22-19(28)27-18-25-15-8-11(12-6-13(20)10-21-9-12)7-14(16(15)26-18)17-23-4-3-5-24-17;16-11-4-10(7-19-8-11)9-5-12(14(18)13(17)6-9)15-20-2-1-3-21-15;1-3-15-12(20)17-14(18-13(21)16-4-2)24-9-10-5-7-11(8-6-10)19(22)23/h3-10H,2H2,1H3,(H3,22,25,26,27,28);1-8H,17-18H2;5-8H,3-4,9H2,1-2H3,(H3,15,16,17,18,20,21). The molecule has 0 unspecified atom stereocenters. The van der Waals surface area contributed by atoms with Gasteiger partial charge in [0.1, 0.15) is 17.2 Å². The second-order valence-electron chi connectivity index (χ2n) is 14.9. The number of halogens is 2. The van der Waals surface area contributed by atoms with Gasteiger partial charge in [-0.15, -0.1) is 0 Å². The maximum Gasteiger partial charge on any atom is 0.343 e. The Kier molecular flexibility index (Phi) is 18.8. The molecule has 8 aromatic rings. The number of urea groups is 3. The van der Waals surface area contributed by atoms with Crippen LogP contribution in [0.4, 0.5) is 46.2 Å². The molecule has 0 aliphatic carbocycles. The van der Waals surface area contributed by atoms with Gasteiger partial charge in [-0.1, -0.05) is 23.9 Å². The zero-order valence-electron chi connectivity index (χ0n) is 39.3. The van der Waals surface area contributed by atoms with E-state index in [1.807, 2.05) is 19.1 Å². The number of anilines is 3. The number of aliphatic imine (C=N–C) groups is 1. The molecule has 0 bridgehead atoms. The molecule has 22 nitrogen and oxygen atoms in total. The number of carbonyl (C=O) groups is 3. The summed E-state index contributed by atoms with van der Waals surface area (Å²) in [6, 6.07) is 17.9. The number of fused-ring (bicyclic) bond motifs is 1. The molecule has 5 aromatic heterocycles. The highest BCUT2D eigenvalue weighted by molar-refractivity contribution is 8.13. The number of H-pyrrole nitrogens is 1. The van der Waals surface area contributed by atoms with E-state index in [1.54, 1.807) is 87.4 Å². The monoisotopic (exact) mass is 1010 g/mol. The Morgan fingerprint density at radius 3 is 1.82 bits per heavy atom. The van der Waals surface area contributed by atoms with Crippen LogP contribution in [0.25, 0.3) is 56.1 Å². The number of nitro benzene ring substituents is 1. The number of thioether (sulfide) groups is 1. The van der Waals surface area contributed by atoms with E-state index in [4.69, 9.17) is 11.5 Å². The van der Waals surface area contributed by atoms with Crippen molar-refractivity contribution in [1.82, 2.24) is 61.1 Å². The summed E-state index contributed by atoms with van der Waals surface area (Å²) < 4.78 is 27.0. The molecule has 0 spiro atoms. The third kappa shape index (κ3) is 15.2. The van der Waals surface area contributed by atoms with Crippen LogP contribution in [0.15, 0.2) is 127 Å². The second kappa shape index (κ2) is 25.9. The van der Waals surface area contributed by atoms with Crippen molar-refractivity contribution in [1.29, 1.82) is 0 Å². The number of nitrogens with one attached hydrogen (secondary N) is 6.